The molecule has 0 saturated heterocycles. The number of carbonyl (C=O) groups is 1. The van der Waals surface area contributed by atoms with Crippen LogP contribution in [-0.4, -0.2) is 17.0 Å². The lowest BCUT2D eigenvalue weighted by Crippen LogP contribution is -2.20. The summed E-state index contributed by atoms with van der Waals surface area (Å²) in [6.07, 6.45) is 5.42. The normalized spacial score (nSPS) is 27.9. The number of fused-ring (bicyclic) bond motifs is 2. The Morgan fingerprint density at radius 3 is 2.24 bits per heavy atom. The molecule has 0 heterocycles. The lowest BCUT2D eigenvalue weighted by atomic mass is 9.69. The number of benzene rings is 3. The average molecular weight is 457 g/mol. The third-order valence-electron chi connectivity index (χ3n) is 8.21. The van der Waals surface area contributed by atoms with Gasteiger partial charge in [0, 0.05) is 18.8 Å². The van der Waals surface area contributed by atoms with E-state index in [1.807, 2.05) is 24.3 Å². The minimum Gasteiger partial charge on any atom is -0.508 e. The molecule has 0 bridgehead atoms. The van der Waals surface area contributed by atoms with Crippen molar-refractivity contribution < 1.29 is 19.0 Å². The fraction of sp³-hybridized carbons (Fsp3) is 0.367. The Kier molecular flexibility index (Phi) is 5.40. The van der Waals surface area contributed by atoms with Gasteiger partial charge in [-0.15, -0.1) is 0 Å². The molecule has 2 unspecified atom stereocenters. The van der Waals surface area contributed by atoms with Gasteiger partial charge in [0.2, 0.25) is 0 Å². The first-order valence-electron chi connectivity index (χ1n) is 12.4. The van der Waals surface area contributed by atoms with E-state index in [4.69, 9.17) is 4.74 Å². The molecule has 3 aromatic rings. The third-order valence-corrected chi connectivity index (χ3v) is 8.21. The molecular formula is C30H29FO3. The number of halogens is 1. The molecule has 0 aromatic heterocycles. The van der Waals surface area contributed by atoms with Crippen molar-refractivity contribution in [2.45, 2.75) is 56.5 Å². The van der Waals surface area contributed by atoms with Gasteiger partial charge in [0.15, 0.2) is 0 Å². The van der Waals surface area contributed by atoms with Crippen molar-refractivity contribution in [2.24, 2.45) is 11.8 Å². The van der Waals surface area contributed by atoms with Crippen LogP contribution < -0.4 is 4.74 Å². The number of phenolic OH excluding ortho intramolecular Hbond substituents is 1. The summed E-state index contributed by atoms with van der Waals surface area (Å²) >= 11 is 0. The Morgan fingerprint density at radius 1 is 0.853 bits per heavy atom. The van der Waals surface area contributed by atoms with E-state index in [0.29, 0.717) is 23.4 Å². The van der Waals surface area contributed by atoms with Crippen LogP contribution in [0.5, 0.6) is 11.5 Å². The summed E-state index contributed by atoms with van der Waals surface area (Å²) in [5.74, 6) is 2.73. The van der Waals surface area contributed by atoms with E-state index in [1.165, 1.54) is 16.7 Å². The molecule has 6 rings (SSSR count). The summed E-state index contributed by atoms with van der Waals surface area (Å²) in [6.45, 7) is 0. The van der Waals surface area contributed by atoms with Gasteiger partial charge < -0.3 is 9.84 Å². The Labute approximate surface area is 199 Å². The Hall–Kier alpha value is -3.14. The predicted octanol–water partition coefficient (Wildman–Crippen LogP) is 6.53. The first-order chi connectivity index (χ1) is 16.5. The van der Waals surface area contributed by atoms with E-state index < -0.39 is 0 Å². The highest BCUT2D eigenvalue weighted by atomic mass is 19.1. The van der Waals surface area contributed by atoms with Gasteiger partial charge in [0.05, 0.1) is 6.10 Å². The van der Waals surface area contributed by atoms with Gasteiger partial charge in [0.25, 0.3) is 0 Å². The Morgan fingerprint density at radius 2 is 1.53 bits per heavy atom. The third kappa shape index (κ3) is 4.00. The van der Waals surface area contributed by atoms with E-state index in [1.54, 1.807) is 18.2 Å². The number of phenols is 1. The number of ketones is 1. The molecule has 0 aliphatic heterocycles. The van der Waals surface area contributed by atoms with Crippen molar-refractivity contribution in [1.82, 2.24) is 0 Å². The summed E-state index contributed by atoms with van der Waals surface area (Å²) in [7, 11) is 0. The highest BCUT2D eigenvalue weighted by Gasteiger charge is 2.42. The van der Waals surface area contributed by atoms with Crippen molar-refractivity contribution in [3.05, 3.63) is 94.8 Å². The van der Waals surface area contributed by atoms with Crippen LogP contribution in [0.15, 0.2) is 66.7 Å². The van der Waals surface area contributed by atoms with Crippen molar-refractivity contribution in [1.29, 1.82) is 0 Å². The number of aromatic hydroxyl groups is 1. The average Bonchev–Trinajstić information content (AvgIpc) is 3.36. The quantitative estimate of drug-likeness (QED) is 0.486. The lowest BCUT2D eigenvalue weighted by Gasteiger charge is -2.35. The second-order valence-corrected chi connectivity index (χ2v) is 10.3. The number of hydrogen-bond acceptors (Lipinski definition) is 3. The molecule has 34 heavy (non-hydrogen) atoms. The fourth-order valence-electron chi connectivity index (χ4n) is 6.65. The van der Waals surface area contributed by atoms with Gasteiger partial charge in [-0.25, -0.2) is 4.39 Å². The predicted molar refractivity (Wildman–Crippen MR) is 129 cm³/mol. The number of hydrogen-bond donors (Lipinski definition) is 1. The number of Topliss-reactive ketones (excluding diaryl/α,β-unsaturated/α-hetero) is 1. The summed E-state index contributed by atoms with van der Waals surface area (Å²) in [6, 6.07) is 21.0. The zero-order valence-corrected chi connectivity index (χ0v) is 19.1. The molecule has 4 heteroatoms. The molecule has 3 aliphatic carbocycles. The van der Waals surface area contributed by atoms with E-state index in [2.05, 4.69) is 24.3 Å². The largest absolute Gasteiger partial charge is 0.508 e. The summed E-state index contributed by atoms with van der Waals surface area (Å²) in [5.41, 5.74) is 4.73. The first-order valence-corrected chi connectivity index (χ1v) is 12.4. The van der Waals surface area contributed by atoms with Crippen molar-refractivity contribution in [3.63, 3.8) is 0 Å². The number of ether oxygens (including phenoxy) is 1. The maximum atomic E-state index is 13.6. The van der Waals surface area contributed by atoms with E-state index >= 15 is 0 Å². The highest BCUT2D eigenvalue weighted by molar-refractivity contribution is 5.81. The second-order valence-electron chi connectivity index (χ2n) is 10.3. The molecule has 0 radical (unpaired) electrons. The van der Waals surface area contributed by atoms with Gasteiger partial charge >= 0.3 is 0 Å². The minimum atomic E-state index is -0.219. The lowest BCUT2D eigenvalue weighted by molar-refractivity contribution is -0.118. The topological polar surface area (TPSA) is 46.5 Å². The van der Waals surface area contributed by atoms with Crippen LogP contribution in [-0.2, 0) is 11.2 Å². The Bertz CT molecular complexity index is 1180. The maximum Gasteiger partial charge on any atom is 0.133 e. The summed E-state index contributed by atoms with van der Waals surface area (Å²) < 4.78 is 19.9. The Balaban J connectivity index is 1.27. The summed E-state index contributed by atoms with van der Waals surface area (Å²) in [5, 5.41) is 10.0. The molecular weight excluding hydrogens is 427 g/mol. The standard InChI is InChI=1S/C30H29FO3/c31-23-6-1-18(2-7-23)28-11-5-20-13-24(32)8-12-29(20)30(28)19-3-9-26(10-4-19)34-27-16-21-14-25(33)15-22(21)17-27/h1-4,6-10,12-13,21-22,27-28,30,32H,5,11,14-17H2/t21?,22?,27?,28-,30+/m1/s1. The van der Waals surface area contributed by atoms with Crippen molar-refractivity contribution in [2.75, 3.05) is 0 Å². The van der Waals surface area contributed by atoms with Crippen molar-refractivity contribution in [3.8, 4) is 11.5 Å². The van der Waals surface area contributed by atoms with Crippen LogP contribution in [0.25, 0.3) is 0 Å². The van der Waals surface area contributed by atoms with Gasteiger partial charge in [0.1, 0.15) is 23.1 Å². The smallest absolute Gasteiger partial charge is 0.133 e. The van der Waals surface area contributed by atoms with Gasteiger partial charge in [-0.2, -0.15) is 0 Å². The molecule has 2 fully saturated rings. The zero-order chi connectivity index (χ0) is 23.2. The molecule has 3 aliphatic rings. The van der Waals surface area contributed by atoms with Crippen LogP contribution in [0, 0.1) is 17.7 Å². The molecule has 2 saturated carbocycles. The van der Waals surface area contributed by atoms with Gasteiger partial charge in [-0.1, -0.05) is 30.3 Å². The first kappa shape index (κ1) is 21.4. The monoisotopic (exact) mass is 456 g/mol. The number of rotatable bonds is 4. The molecule has 0 spiro atoms. The molecule has 1 N–H and O–H groups in total. The number of aryl methyl sites for hydroxylation is 1. The van der Waals surface area contributed by atoms with Gasteiger partial charge in [-0.3, -0.25) is 4.79 Å². The van der Waals surface area contributed by atoms with Crippen LogP contribution in [0.1, 0.15) is 66.2 Å². The molecule has 4 atom stereocenters. The minimum absolute atomic E-state index is 0.126. The molecule has 174 valence electrons. The van der Waals surface area contributed by atoms with Crippen molar-refractivity contribution >= 4 is 5.78 Å². The second kappa shape index (κ2) is 8.57. The van der Waals surface area contributed by atoms with Crippen LogP contribution >= 0.6 is 0 Å². The zero-order valence-electron chi connectivity index (χ0n) is 19.1. The van der Waals surface area contributed by atoms with Crippen LogP contribution in [0.3, 0.4) is 0 Å². The van der Waals surface area contributed by atoms with E-state index in [0.717, 1.165) is 49.8 Å². The molecule has 3 aromatic carbocycles. The molecule has 3 nitrogen and oxygen atoms in total. The number of carbonyl (C=O) groups excluding carboxylic acids is 1. The molecule has 0 amide bonds. The van der Waals surface area contributed by atoms with Crippen LogP contribution in [0.2, 0.25) is 0 Å². The summed E-state index contributed by atoms with van der Waals surface area (Å²) in [4.78, 5) is 11.7. The van der Waals surface area contributed by atoms with Crippen LogP contribution in [0.4, 0.5) is 4.39 Å². The SMILES string of the molecule is O=C1CC2CC(Oc3ccc([C@@H]4c5ccc(O)cc5CC[C@@H]4c4ccc(F)cc4)cc3)CC2C1. The fourth-order valence-corrected chi connectivity index (χ4v) is 6.65. The highest BCUT2D eigenvalue weighted by Crippen LogP contribution is 2.48. The maximum absolute atomic E-state index is 13.6. The van der Waals surface area contributed by atoms with E-state index in [-0.39, 0.29) is 23.8 Å². The van der Waals surface area contributed by atoms with Gasteiger partial charge in [-0.05, 0) is 102 Å². The van der Waals surface area contributed by atoms with E-state index in [9.17, 15) is 14.3 Å².